The van der Waals surface area contributed by atoms with E-state index in [4.69, 9.17) is 0 Å². The molecule has 368 valence electrons. The number of amides is 4. The van der Waals surface area contributed by atoms with E-state index in [0.29, 0.717) is 61.0 Å². The zero-order valence-corrected chi connectivity index (χ0v) is 35.9. The number of aryl methyl sites for hydroxylation is 1. The Bertz CT molecular complexity index is 2480. The van der Waals surface area contributed by atoms with Crippen molar-refractivity contribution in [2.24, 2.45) is 0 Å². The molecule has 6 heterocycles. The predicted molar refractivity (Wildman–Crippen MR) is 215 cm³/mol. The molecule has 8 rings (SSSR count). The van der Waals surface area contributed by atoms with Crippen LogP contribution in [0, 0.1) is 0 Å². The highest BCUT2D eigenvalue weighted by molar-refractivity contribution is 5.95. The zero-order valence-electron chi connectivity index (χ0n) is 35.9. The molecule has 0 unspecified atom stereocenters. The van der Waals surface area contributed by atoms with E-state index in [2.05, 4.69) is 20.4 Å². The van der Waals surface area contributed by atoms with Gasteiger partial charge in [0.05, 0.1) is 29.9 Å². The Hall–Kier alpha value is -6.10. The number of aromatic amines is 2. The fourth-order valence-electron chi connectivity index (χ4n) is 9.25. The molecule has 0 atom stereocenters. The number of piperidine rings is 2. The molecule has 4 aliphatic heterocycles. The van der Waals surface area contributed by atoms with Crippen molar-refractivity contribution in [3.63, 3.8) is 0 Å². The summed E-state index contributed by atoms with van der Waals surface area (Å²) in [7, 11) is 0. The van der Waals surface area contributed by atoms with Crippen LogP contribution in [0.3, 0.4) is 0 Å². The summed E-state index contributed by atoms with van der Waals surface area (Å²) in [4.78, 5) is 55.3. The molecule has 2 N–H and O–H groups in total. The minimum atomic E-state index is -4.63. The molecule has 2 aromatic carbocycles. The van der Waals surface area contributed by atoms with E-state index in [1.807, 2.05) is 0 Å². The van der Waals surface area contributed by atoms with Gasteiger partial charge >= 0.3 is 24.7 Å². The van der Waals surface area contributed by atoms with Gasteiger partial charge in [0, 0.05) is 56.1 Å². The Morgan fingerprint density at radius 3 is 1.35 bits per heavy atom. The Balaban J connectivity index is 0.000000202. The fraction of sp³-hybridized carbons (Fsp3) is 0.500. The molecule has 68 heavy (non-hydrogen) atoms. The number of alkyl halides is 12. The predicted octanol–water partition coefficient (Wildman–Crippen LogP) is 8.92. The van der Waals surface area contributed by atoms with Gasteiger partial charge in [-0.25, -0.2) is 0 Å². The second-order valence-electron chi connectivity index (χ2n) is 17.1. The van der Waals surface area contributed by atoms with E-state index in [1.165, 1.54) is 34.1 Å². The van der Waals surface area contributed by atoms with Crippen LogP contribution >= 0.6 is 0 Å². The van der Waals surface area contributed by atoms with Gasteiger partial charge in [-0.3, -0.25) is 29.4 Å². The highest BCUT2D eigenvalue weighted by Crippen LogP contribution is 2.41. The number of fused-ring (bicyclic) bond motifs is 2. The number of aromatic nitrogens is 4. The van der Waals surface area contributed by atoms with E-state index >= 15 is 0 Å². The van der Waals surface area contributed by atoms with Crippen LogP contribution in [0.4, 0.5) is 52.7 Å². The van der Waals surface area contributed by atoms with Gasteiger partial charge in [-0.05, 0) is 73.6 Å². The minimum Gasteiger partial charge on any atom is -0.338 e. The summed E-state index contributed by atoms with van der Waals surface area (Å²) < 4.78 is 156. The highest BCUT2D eigenvalue weighted by Gasteiger charge is 2.41. The molecular formula is C44H44F12N8O4. The third-order valence-corrected chi connectivity index (χ3v) is 12.6. The topological polar surface area (TPSA) is 139 Å². The molecule has 0 radical (unpaired) electrons. The van der Waals surface area contributed by atoms with E-state index in [1.54, 1.807) is 12.1 Å². The van der Waals surface area contributed by atoms with Crippen molar-refractivity contribution in [3.8, 4) is 0 Å². The van der Waals surface area contributed by atoms with Crippen molar-refractivity contribution < 1.29 is 71.9 Å². The molecule has 12 nitrogen and oxygen atoms in total. The Labute approximate surface area is 380 Å². The monoisotopic (exact) mass is 976 g/mol. The van der Waals surface area contributed by atoms with Crippen molar-refractivity contribution >= 4 is 23.6 Å². The van der Waals surface area contributed by atoms with Gasteiger partial charge in [-0.15, -0.1) is 0 Å². The molecular weight excluding hydrogens is 933 g/mol. The van der Waals surface area contributed by atoms with Crippen LogP contribution in [0.5, 0.6) is 0 Å². The number of nitrogens with zero attached hydrogens (tertiary/aromatic N) is 6. The normalized spacial score (nSPS) is 17.6. The Morgan fingerprint density at radius 2 is 0.912 bits per heavy atom. The van der Waals surface area contributed by atoms with Crippen molar-refractivity contribution in [3.05, 3.63) is 105 Å². The van der Waals surface area contributed by atoms with Crippen molar-refractivity contribution in [2.75, 3.05) is 32.7 Å². The molecule has 0 bridgehead atoms. The number of likely N-dealkylation sites (tertiary alicyclic amines) is 2. The summed E-state index contributed by atoms with van der Waals surface area (Å²) in [5, 5.41) is 13.4. The summed E-state index contributed by atoms with van der Waals surface area (Å²) in [5.41, 5.74) is 0.910. The SMILES string of the molecule is O=C(CC(F)(F)F)N1CCCc2[nH]nc(C(=O)N3CCC(c4ccccc4C(F)(F)F)CC3)c2C1.O=C(CC(F)(F)F)N1Cc2[nH]nc(C(=O)N3CCC(c4ccccc4C(F)(F)F)CC3)c2C1. The number of carbonyl (C=O) groups is 4. The van der Waals surface area contributed by atoms with E-state index < -0.39 is 72.3 Å². The lowest BCUT2D eigenvalue weighted by molar-refractivity contribution is -0.163. The number of nitrogens with one attached hydrogen (secondary N) is 2. The lowest BCUT2D eigenvalue weighted by Crippen LogP contribution is -2.39. The molecule has 24 heteroatoms. The fourth-order valence-corrected chi connectivity index (χ4v) is 9.25. The lowest BCUT2D eigenvalue weighted by atomic mass is 9.86. The number of benzene rings is 2. The lowest BCUT2D eigenvalue weighted by Gasteiger charge is -2.33. The number of hydrogen-bond acceptors (Lipinski definition) is 6. The maximum Gasteiger partial charge on any atom is 0.416 e. The number of hydrogen-bond donors (Lipinski definition) is 2. The molecule has 4 amide bonds. The minimum absolute atomic E-state index is 0.0291. The van der Waals surface area contributed by atoms with Crippen LogP contribution in [0.1, 0.15) is 123 Å². The molecule has 2 fully saturated rings. The first-order valence-corrected chi connectivity index (χ1v) is 21.6. The first-order chi connectivity index (χ1) is 31.9. The van der Waals surface area contributed by atoms with Gasteiger partial charge in [-0.1, -0.05) is 36.4 Å². The van der Waals surface area contributed by atoms with Crippen molar-refractivity contribution in [1.82, 2.24) is 40.0 Å². The number of rotatable bonds is 6. The molecule has 2 saturated heterocycles. The smallest absolute Gasteiger partial charge is 0.338 e. The molecule has 0 aliphatic carbocycles. The number of H-pyrrole nitrogens is 2. The summed E-state index contributed by atoms with van der Waals surface area (Å²) in [5.74, 6) is -3.77. The van der Waals surface area contributed by atoms with Gasteiger partial charge in [0.25, 0.3) is 11.8 Å². The third-order valence-electron chi connectivity index (χ3n) is 12.6. The molecule has 4 aliphatic rings. The van der Waals surface area contributed by atoms with E-state index in [-0.39, 0.29) is 86.7 Å². The Kier molecular flexibility index (Phi) is 14.3. The zero-order chi connectivity index (χ0) is 49.3. The second-order valence-corrected chi connectivity index (χ2v) is 17.1. The molecule has 4 aromatic rings. The van der Waals surface area contributed by atoms with E-state index in [0.717, 1.165) is 21.9 Å². The maximum absolute atomic E-state index is 13.4. The molecule has 0 spiro atoms. The molecule has 2 aromatic heterocycles. The Morgan fingerprint density at radius 1 is 0.515 bits per heavy atom. The first kappa shape index (κ1) is 49.8. The van der Waals surface area contributed by atoms with Gasteiger partial charge in [0.2, 0.25) is 11.8 Å². The van der Waals surface area contributed by atoms with Crippen LogP contribution in [0.25, 0.3) is 0 Å². The average molecular weight is 977 g/mol. The van der Waals surface area contributed by atoms with Gasteiger partial charge in [-0.2, -0.15) is 62.9 Å². The van der Waals surface area contributed by atoms with E-state index in [9.17, 15) is 71.9 Å². The van der Waals surface area contributed by atoms with Crippen LogP contribution < -0.4 is 0 Å². The van der Waals surface area contributed by atoms with Gasteiger partial charge in [0.1, 0.15) is 12.8 Å². The average Bonchev–Trinajstić information content (AvgIpc) is 3.95. The number of halogens is 12. The second kappa shape index (κ2) is 19.5. The highest BCUT2D eigenvalue weighted by atomic mass is 19.4. The first-order valence-electron chi connectivity index (χ1n) is 21.6. The third kappa shape index (κ3) is 11.6. The summed E-state index contributed by atoms with van der Waals surface area (Å²) >= 11 is 0. The largest absolute Gasteiger partial charge is 0.416 e. The quantitative estimate of drug-likeness (QED) is 0.185. The standard InChI is InChI=1S/C23H24F6N4O2.C21H20F6N4O2/c24-22(25,26)12-19(34)33-9-3-6-18-16(13-33)20(31-30-18)21(35)32-10-7-14(8-11-32)15-4-1-2-5-17(15)23(27,28)29;22-20(23,24)9-17(32)31-10-14-16(11-31)28-29-18(14)19(33)30-7-5-12(6-8-30)13-3-1-2-4-15(13)21(25,26)27/h1-2,4-5,14H,3,6-13H2,(H,30,31);1-4,12H,5-11H2,(H,28,29). The van der Waals surface area contributed by atoms with Crippen LogP contribution in [0.15, 0.2) is 48.5 Å². The maximum atomic E-state index is 13.4. The van der Waals surface area contributed by atoms with Crippen LogP contribution in [-0.4, -0.2) is 109 Å². The molecule has 0 saturated carbocycles. The van der Waals surface area contributed by atoms with Gasteiger partial charge in [0.15, 0.2) is 11.4 Å². The van der Waals surface area contributed by atoms with Crippen LogP contribution in [-0.2, 0) is 48.0 Å². The van der Waals surface area contributed by atoms with Crippen molar-refractivity contribution in [2.45, 2.75) is 108 Å². The summed E-state index contributed by atoms with van der Waals surface area (Å²) in [6, 6.07) is 10.8. The van der Waals surface area contributed by atoms with Crippen LogP contribution in [0.2, 0.25) is 0 Å². The number of carbonyl (C=O) groups excluding carboxylic acids is 4. The van der Waals surface area contributed by atoms with Crippen molar-refractivity contribution in [1.29, 1.82) is 0 Å². The van der Waals surface area contributed by atoms with Gasteiger partial charge < -0.3 is 19.6 Å². The summed E-state index contributed by atoms with van der Waals surface area (Å²) in [6.45, 7) is 0.592. The summed E-state index contributed by atoms with van der Waals surface area (Å²) in [6.07, 6.45) is -19.1.